The molecule has 3 nitrogen and oxygen atoms in total. The maximum atomic E-state index is 9.44. The molecule has 0 atom stereocenters. The van der Waals surface area contributed by atoms with Gasteiger partial charge in [0, 0.05) is 22.8 Å². The molecule has 2 aromatic carbocycles. The van der Waals surface area contributed by atoms with E-state index in [2.05, 4.69) is 42.4 Å². The molecule has 0 fully saturated rings. The summed E-state index contributed by atoms with van der Waals surface area (Å²) in [6.07, 6.45) is 1.72. The van der Waals surface area contributed by atoms with Crippen molar-refractivity contribution in [3.8, 4) is 17.3 Å². The highest BCUT2D eigenvalue weighted by Gasteiger charge is 2.08. The molecule has 0 saturated carbocycles. The number of nitriles is 1. The van der Waals surface area contributed by atoms with E-state index in [0.717, 1.165) is 16.9 Å². The predicted octanol–water partition coefficient (Wildman–Crippen LogP) is 5.40. The number of aryl methyl sites for hydroxylation is 2. The summed E-state index contributed by atoms with van der Waals surface area (Å²) in [5, 5.41) is 15.3. The molecule has 1 heterocycles. The van der Waals surface area contributed by atoms with Gasteiger partial charge < -0.3 is 5.32 Å². The van der Waals surface area contributed by atoms with Gasteiger partial charge in [-0.2, -0.15) is 5.26 Å². The molecular formula is C20H17N3S. The van der Waals surface area contributed by atoms with E-state index in [9.17, 15) is 5.26 Å². The van der Waals surface area contributed by atoms with E-state index in [-0.39, 0.29) is 0 Å². The molecule has 118 valence electrons. The molecule has 0 spiro atoms. The van der Waals surface area contributed by atoms with Gasteiger partial charge in [0.05, 0.1) is 5.69 Å². The Morgan fingerprint density at radius 3 is 2.62 bits per heavy atom. The topological polar surface area (TPSA) is 48.7 Å². The standard InChI is InChI=1S/C20H17N3S/c1-14-8-9-18(10-15(14)2)22-12-17(11-21)20-23-19(13-24-20)16-6-4-3-5-7-16/h3-10,12-13,22H,1-2H3. The minimum Gasteiger partial charge on any atom is -0.360 e. The third-order valence-electron chi connectivity index (χ3n) is 3.81. The quantitative estimate of drug-likeness (QED) is 0.651. The Balaban J connectivity index is 1.82. The zero-order valence-corrected chi connectivity index (χ0v) is 14.4. The lowest BCUT2D eigenvalue weighted by Gasteiger charge is -2.05. The van der Waals surface area contributed by atoms with E-state index in [1.165, 1.54) is 22.5 Å². The number of rotatable bonds is 4. The first-order valence-electron chi connectivity index (χ1n) is 7.63. The van der Waals surface area contributed by atoms with Crippen LogP contribution in [-0.2, 0) is 0 Å². The highest BCUT2D eigenvalue weighted by atomic mass is 32.1. The molecule has 24 heavy (non-hydrogen) atoms. The molecule has 0 unspecified atom stereocenters. The smallest absolute Gasteiger partial charge is 0.136 e. The summed E-state index contributed by atoms with van der Waals surface area (Å²) in [6, 6.07) is 18.3. The maximum absolute atomic E-state index is 9.44. The van der Waals surface area contributed by atoms with E-state index >= 15 is 0 Å². The van der Waals surface area contributed by atoms with Gasteiger partial charge in [-0.05, 0) is 37.1 Å². The number of allylic oxidation sites excluding steroid dienone is 1. The molecule has 3 rings (SSSR count). The average Bonchev–Trinajstić information content (AvgIpc) is 3.09. The van der Waals surface area contributed by atoms with Gasteiger partial charge in [0.1, 0.15) is 16.6 Å². The Kier molecular flexibility index (Phi) is 4.74. The van der Waals surface area contributed by atoms with Gasteiger partial charge in [-0.1, -0.05) is 36.4 Å². The Bertz CT molecular complexity index is 918. The minimum atomic E-state index is 0.528. The molecular weight excluding hydrogens is 314 g/mol. The monoisotopic (exact) mass is 331 g/mol. The summed E-state index contributed by atoms with van der Waals surface area (Å²) >= 11 is 1.48. The lowest BCUT2D eigenvalue weighted by Crippen LogP contribution is -1.92. The van der Waals surface area contributed by atoms with E-state index in [1.807, 2.05) is 41.8 Å². The predicted molar refractivity (Wildman–Crippen MR) is 101 cm³/mol. The molecule has 0 saturated heterocycles. The molecule has 0 radical (unpaired) electrons. The largest absolute Gasteiger partial charge is 0.360 e. The fourth-order valence-corrected chi connectivity index (χ4v) is 3.06. The van der Waals surface area contributed by atoms with E-state index in [1.54, 1.807) is 6.20 Å². The van der Waals surface area contributed by atoms with Gasteiger partial charge in [0.15, 0.2) is 0 Å². The Morgan fingerprint density at radius 1 is 1.12 bits per heavy atom. The molecule has 1 N–H and O–H groups in total. The Morgan fingerprint density at radius 2 is 1.92 bits per heavy atom. The molecule has 3 aromatic rings. The molecule has 4 heteroatoms. The summed E-state index contributed by atoms with van der Waals surface area (Å²) in [6.45, 7) is 4.15. The van der Waals surface area contributed by atoms with Crippen LogP contribution in [-0.4, -0.2) is 4.98 Å². The van der Waals surface area contributed by atoms with Gasteiger partial charge in [-0.25, -0.2) is 4.98 Å². The number of hydrogen-bond acceptors (Lipinski definition) is 4. The van der Waals surface area contributed by atoms with Crippen molar-refractivity contribution in [2.75, 3.05) is 5.32 Å². The van der Waals surface area contributed by atoms with Crippen LogP contribution in [0.3, 0.4) is 0 Å². The van der Waals surface area contributed by atoms with Gasteiger partial charge in [-0.3, -0.25) is 0 Å². The van der Waals surface area contributed by atoms with Gasteiger partial charge in [0.25, 0.3) is 0 Å². The Hall–Kier alpha value is -2.90. The van der Waals surface area contributed by atoms with Crippen molar-refractivity contribution in [2.24, 2.45) is 0 Å². The molecule has 0 aliphatic rings. The summed E-state index contributed by atoms with van der Waals surface area (Å²) in [5.74, 6) is 0. The zero-order chi connectivity index (χ0) is 16.9. The van der Waals surface area contributed by atoms with Gasteiger partial charge in [-0.15, -0.1) is 11.3 Å². The SMILES string of the molecule is Cc1ccc(NC=C(C#N)c2nc(-c3ccccc3)cs2)cc1C. The Labute approximate surface area is 145 Å². The second kappa shape index (κ2) is 7.12. The number of nitrogens with zero attached hydrogens (tertiary/aromatic N) is 2. The number of benzene rings is 2. The van der Waals surface area contributed by atoms with Crippen molar-refractivity contribution >= 4 is 22.6 Å². The van der Waals surface area contributed by atoms with E-state index in [0.29, 0.717) is 10.6 Å². The lowest BCUT2D eigenvalue weighted by molar-refractivity contribution is 1.33. The van der Waals surface area contributed by atoms with E-state index in [4.69, 9.17) is 0 Å². The van der Waals surface area contributed by atoms with Crippen molar-refractivity contribution < 1.29 is 0 Å². The number of hydrogen-bond donors (Lipinski definition) is 1. The van der Waals surface area contributed by atoms with E-state index < -0.39 is 0 Å². The second-order valence-corrected chi connectivity index (χ2v) is 6.38. The molecule has 0 bridgehead atoms. The normalized spacial score (nSPS) is 11.1. The van der Waals surface area contributed by atoms with Crippen LogP contribution in [0.5, 0.6) is 0 Å². The van der Waals surface area contributed by atoms with Crippen LogP contribution < -0.4 is 5.32 Å². The maximum Gasteiger partial charge on any atom is 0.136 e. The van der Waals surface area contributed by atoms with Crippen molar-refractivity contribution in [1.82, 2.24) is 4.98 Å². The van der Waals surface area contributed by atoms with Crippen LogP contribution in [0.1, 0.15) is 16.1 Å². The van der Waals surface area contributed by atoms with Gasteiger partial charge >= 0.3 is 0 Å². The van der Waals surface area contributed by atoms with Crippen molar-refractivity contribution in [1.29, 1.82) is 5.26 Å². The first kappa shape index (κ1) is 16.0. The van der Waals surface area contributed by atoms with Crippen molar-refractivity contribution in [3.63, 3.8) is 0 Å². The van der Waals surface area contributed by atoms with Crippen LogP contribution in [0.15, 0.2) is 60.1 Å². The van der Waals surface area contributed by atoms with Gasteiger partial charge in [0.2, 0.25) is 0 Å². The first-order valence-corrected chi connectivity index (χ1v) is 8.51. The third kappa shape index (κ3) is 3.53. The van der Waals surface area contributed by atoms with Crippen molar-refractivity contribution in [2.45, 2.75) is 13.8 Å². The summed E-state index contributed by atoms with van der Waals surface area (Å²) in [4.78, 5) is 4.58. The number of thiazole rings is 1. The number of nitrogens with one attached hydrogen (secondary N) is 1. The lowest BCUT2D eigenvalue weighted by atomic mass is 10.1. The summed E-state index contributed by atoms with van der Waals surface area (Å²) in [7, 11) is 0. The molecule has 0 aliphatic heterocycles. The van der Waals surface area contributed by atoms with Crippen molar-refractivity contribution in [3.05, 3.63) is 76.2 Å². The van der Waals surface area contributed by atoms with Crippen LogP contribution in [0, 0.1) is 25.2 Å². The highest BCUT2D eigenvalue weighted by molar-refractivity contribution is 7.11. The zero-order valence-electron chi connectivity index (χ0n) is 13.6. The third-order valence-corrected chi connectivity index (χ3v) is 4.69. The molecule has 0 aliphatic carbocycles. The minimum absolute atomic E-state index is 0.528. The van der Waals surface area contributed by atoms with Crippen LogP contribution in [0.2, 0.25) is 0 Å². The fourth-order valence-electron chi connectivity index (χ4n) is 2.27. The molecule has 1 aromatic heterocycles. The van der Waals surface area contributed by atoms with Crippen LogP contribution >= 0.6 is 11.3 Å². The summed E-state index contributed by atoms with van der Waals surface area (Å²) in [5.41, 5.74) is 5.90. The van der Waals surface area contributed by atoms with Crippen LogP contribution in [0.25, 0.3) is 16.8 Å². The highest BCUT2D eigenvalue weighted by Crippen LogP contribution is 2.26. The number of aromatic nitrogens is 1. The second-order valence-electron chi connectivity index (χ2n) is 5.52. The average molecular weight is 331 g/mol. The number of anilines is 1. The van der Waals surface area contributed by atoms with Crippen LogP contribution in [0.4, 0.5) is 5.69 Å². The summed E-state index contributed by atoms with van der Waals surface area (Å²) < 4.78 is 0. The fraction of sp³-hybridized carbons (Fsp3) is 0.100. The first-order chi connectivity index (χ1) is 11.7. The molecule has 0 amide bonds.